The Labute approximate surface area is 107 Å². The second kappa shape index (κ2) is 7.37. The van der Waals surface area contributed by atoms with Crippen LogP contribution in [0.1, 0.15) is 6.92 Å². The van der Waals surface area contributed by atoms with Crippen LogP contribution in [0.15, 0.2) is 23.6 Å². The minimum atomic E-state index is -0.713. The Bertz CT molecular complexity index is 371. The predicted octanol–water partition coefficient (Wildman–Crippen LogP) is 0.698. The van der Waals surface area contributed by atoms with Crippen molar-refractivity contribution in [2.24, 2.45) is 0 Å². The summed E-state index contributed by atoms with van der Waals surface area (Å²) in [5.41, 5.74) is -0.155. The van der Waals surface area contributed by atoms with Gasteiger partial charge in [0, 0.05) is 14.1 Å². The van der Waals surface area contributed by atoms with Crippen LogP contribution in [-0.4, -0.2) is 51.8 Å². The van der Waals surface area contributed by atoms with Gasteiger partial charge < -0.3 is 19.1 Å². The molecule has 0 aromatic carbocycles. The van der Waals surface area contributed by atoms with Crippen molar-refractivity contribution in [3.05, 3.63) is 23.6 Å². The highest BCUT2D eigenvalue weighted by Crippen LogP contribution is 2.19. The van der Waals surface area contributed by atoms with Gasteiger partial charge in [0.1, 0.15) is 5.57 Å². The summed E-state index contributed by atoms with van der Waals surface area (Å²) >= 11 is 0. The zero-order valence-electron chi connectivity index (χ0n) is 11.4. The Morgan fingerprint density at radius 3 is 1.94 bits per heavy atom. The maximum atomic E-state index is 11.7. The van der Waals surface area contributed by atoms with Gasteiger partial charge in [0.15, 0.2) is 0 Å². The maximum Gasteiger partial charge on any atom is 0.344 e. The van der Waals surface area contributed by atoms with E-state index in [1.807, 2.05) is 0 Å². The lowest BCUT2D eigenvalue weighted by Gasteiger charge is -2.21. The molecule has 0 bridgehead atoms. The molecule has 6 nitrogen and oxygen atoms in total. The molecule has 102 valence electrons. The van der Waals surface area contributed by atoms with Crippen LogP contribution in [0.4, 0.5) is 0 Å². The third-order valence-corrected chi connectivity index (χ3v) is 2.02. The molecule has 0 N–H and O–H groups in total. The Morgan fingerprint density at radius 2 is 1.61 bits per heavy atom. The van der Waals surface area contributed by atoms with Gasteiger partial charge in [-0.3, -0.25) is 0 Å². The number of esters is 2. The first kappa shape index (κ1) is 16.0. The average molecular weight is 257 g/mol. The quantitative estimate of drug-likeness (QED) is 0.302. The van der Waals surface area contributed by atoms with Crippen LogP contribution in [0.3, 0.4) is 0 Å². The number of carbonyl (C=O) groups is 2. The summed E-state index contributed by atoms with van der Waals surface area (Å²) in [6.07, 6.45) is 0. The second-order valence-electron chi connectivity index (χ2n) is 3.47. The molecule has 0 saturated carbocycles. The van der Waals surface area contributed by atoms with Gasteiger partial charge in [-0.25, -0.2) is 9.59 Å². The fourth-order valence-corrected chi connectivity index (χ4v) is 1.23. The van der Waals surface area contributed by atoms with E-state index in [0.29, 0.717) is 6.61 Å². The van der Waals surface area contributed by atoms with Gasteiger partial charge in [0.05, 0.1) is 26.4 Å². The third kappa shape index (κ3) is 3.80. The molecule has 6 heteroatoms. The minimum Gasteiger partial charge on any atom is -0.479 e. The van der Waals surface area contributed by atoms with Crippen molar-refractivity contribution < 1.29 is 23.8 Å². The van der Waals surface area contributed by atoms with Crippen LogP contribution in [0.5, 0.6) is 0 Å². The summed E-state index contributed by atoms with van der Waals surface area (Å²) in [5, 5.41) is 0. The maximum absolute atomic E-state index is 11.7. The van der Waals surface area contributed by atoms with Gasteiger partial charge in [0.2, 0.25) is 5.88 Å². The first-order valence-corrected chi connectivity index (χ1v) is 5.30. The number of methoxy groups -OCH3 is 2. The van der Waals surface area contributed by atoms with Crippen LogP contribution in [0.25, 0.3) is 0 Å². The summed E-state index contributed by atoms with van der Waals surface area (Å²) in [4.78, 5) is 24.8. The van der Waals surface area contributed by atoms with Crippen molar-refractivity contribution in [3.8, 4) is 0 Å². The van der Waals surface area contributed by atoms with Crippen molar-refractivity contribution in [2.45, 2.75) is 6.92 Å². The van der Waals surface area contributed by atoms with Gasteiger partial charge in [0.25, 0.3) is 0 Å². The topological polar surface area (TPSA) is 65.1 Å². The van der Waals surface area contributed by atoms with E-state index in [1.165, 1.54) is 14.2 Å². The van der Waals surface area contributed by atoms with Crippen LogP contribution < -0.4 is 0 Å². The molecule has 0 aromatic heterocycles. The summed E-state index contributed by atoms with van der Waals surface area (Å²) < 4.78 is 14.5. The van der Waals surface area contributed by atoms with Gasteiger partial charge >= 0.3 is 11.9 Å². The van der Waals surface area contributed by atoms with E-state index in [0.717, 1.165) is 0 Å². The zero-order valence-corrected chi connectivity index (χ0v) is 11.4. The molecule has 0 heterocycles. The molecular weight excluding hydrogens is 238 g/mol. The highest BCUT2D eigenvalue weighted by molar-refractivity contribution is 6.06. The molecule has 0 radical (unpaired) electrons. The second-order valence-corrected chi connectivity index (χ2v) is 3.47. The molecule has 0 aromatic rings. The molecule has 0 amide bonds. The van der Waals surface area contributed by atoms with Crippen molar-refractivity contribution in [1.29, 1.82) is 0 Å². The van der Waals surface area contributed by atoms with E-state index in [-0.39, 0.29) is 17.0 Å². The van der Waals surface area contributed by atoms with E-state index >= 15 is 0 Å². The molecule has 0 spiro atoms. The van der Waals surface area contributed by atoms with Crippen molar-refractivity contribution in [2.75, 3.05) is 34.9 Å². The van der Waals surface area contributed by atoms with E-state index in [1.54, 1.807) is 25.9 Å². The lowest BCUT2D eigenvalue weighted by molar-refractivity contribution is -0.140. The molecular formula is C12H19NO5. The van der Waals surface area contributed by atoms with Crippen LogP contribution in [0.2, 0.25) is 0 Å². The molecule has 0 aliphatic carbocycles. The lowest BCUT2D eigenvalue weighted by Crippen LogP contribution is -2.24. The monoisotopic (exact) mass is 257 g/mol. The average Bonchev–Trinajstić information content (AvgIpc) is 2.36. The van der Waals surface area contributed by atoms with E-state index in [4.69, 9.17) is 4.74 Å². The first-order chi connectivity index (χ1) is 8.40. The summed E-state index contributed by atoms with van der Waals surface area (Å²) in [6, 6.07) is 0. The molecule has 0 unspecified atom stereocenters. The fourth-order valence-electron chi connectivity index (χ4n) is 1.23. The normalized spacial score (nSPS) is 11.2. The minimum absolute atomic E-state index is 0.0452. The largest absolute Gasteiger partial charge is 0.479 e. The van der Waals surface area contributed by atoms with Crippen LogP contribution in [0, 0.1) is 0 Å². The summed E-state index contributed by atoms with van der Waals surface area (Å²) in [6.45, 7) is 5.64. The summed E-state index contributed by atoms with van der Waals surface area (Å²) in [5.74, 6) is -1.21. The Morgan fingerprint density at radius 1 is 1.11 bits per heavy atom. The van der Waals surface area contributed by atoms with Gasteiger partial charge in [-0.05, 0) is 6.92 Å². The Balaban J connectivity index is 5.70. The van der Waals surface area contributed by atoms with Crippen molar-refractivity contribution in [1.82, 2.24) is 4.90 Å². The molecule has 0 atom stereocenters. The summed E-state index contributed by atoms with van der Waals surface area (Å²) in [7, 11) is 5.78. The highest BCUT2D eigenvalue weighted by atomic mass is 16.5. The molecule has 0 fully saturated rings. The highest BCUT2D eigenvalue weighted by Gasteiger charge is 2.27. The number of carbonyl (C=O) groups excluding carboxylic acids is 2. The number of hydrogen-bond donors (Lipinski definition) is 0. The molecule has 0 rings (SSSR count). The molecule has 0 saturated heterocycles. The predicted molar refractivity (Wildman–Crippen MR) is 65.5 cm³/mol. The SMILES string of the molecule is C=C(C(=O)OC)/C(C(=O)OC)=C(\OCC)N(C)C. The van der Waals surface area contributed by atoms with Gasteiger partial charge in [-0.15, -0.1) is 0 Å². The Kier molecular flexibility index (Phi) is 6.56. The molecule has 0 aliphatic rings. The standard InChI is InChI=1S/C12H19NO5/c1-7-18-10(13(3)4)9(12(15)17-6)8(2)11(14)16-5/h2,7H2,1,3-6H3/b10-9+. The van der Waals surface area contributed by atoms with Crippen LogP contribution in [-0.2, 0) is 23.8 Å². The van der Waals surface area contributed by atoms with Gasteiger partial charge in [-0.2, -0.15) is 0 Å². The van der Waals surface area contributed by atoms with E-state index in [9.17, 15) is 9.59 Å². The number of hydrogen-bond acceptors (Lipinski definition) is 6. The molecule has 18 heavy (non-hydrogen) atoms. The van der Waals surface area contributed by atoms with E-state index in [2.05, 4.69) is 16.1 Å². The third-order valence-electron chi connectivity index (χ3n) is 2.02. The number of ether oxygens (including phenoxy) is 3. The fraction of sp³-hybridized carbons (Fsp3) is 0.500. The van der Waals surface area contributed by atoms with Crippen molar-refractivity contribution >= 4 is 11.9 Å². The van der Waals surface area contributed by atoms with E-state index < -0.39 is 11.9 Å². The zero-order chi connectivity index (χ0) is 14.3. The van der Waals surface area contributed by atoms with Gasteiger partial charge in [-0.1, -0.05) is 6.58 Å². The first-order valence-electron chi connectivity index (χ1n) is 5.30. The number of nitrogens with zero attached hydrogens (tertiary/aromatic N) is 1. The van der Waals surface area contributed by atoms with Crippen molar-refractivity contribution in [3.63, 3.8) is 0 Å². The smallest absolute Gasteiger partial charge is 0.344 e. The number of rotatable bonds is 6. The molecule has 0 aliphatic heterocycles. The lowest BCUT2D eigenvalue weighted by atomic mass is 10.1. The Hall–Kier alpha value is -1.98. The van der Waals surface area contributed by atoms with Crippen LogP contribution >= 0.6 is 0 Å².